The molecule has 0 aromatic carbocycles. The van der Waals surface area contributed by atoms with Crippen LogP contribution in [-0.4, -0.2) is 33.7 Å². The van der Waals surface area contributed by atoms with Crippen LogP contribution in [0.4, 0.5) is 0 Å². The van der Waals surface area contributed by atoms with Crippen LogP contribution in [0.25, 0.3) is 11.3 Å². The minimum absolute atomic E-state index is 0.628. The molecule has 0 aliphatic heterocycles. The molecule has 3 aromatic rings. The van der Waals surface area contributed by atoms with Crippen molar-refractivity contribution in [3.05, 3.63) is 60.4 Å². The van der Waals surface area contributed by atoms with Crippen LogP contribution < -0.4 is 9.47 Å². The third-order valence-electron chi connectivity index (χ3n) is 4.23. The number of nitrogens with zero attached hydrogens (tertiary/aromatic N) is 4. The van der Waals surface area contributed by atoms with Gasteiger partial charge in [-0.15, -0.1) is 12.8 Å². The summed E-state index contributed by atoms with van der Waals surface area (Å²) in [4.78, 5) is 17.1. The lowest BCUT2D eigenvalue weighted by Crippen LogP contribution is -2.06. The number of pyridine rings is 2. The Bertz CT molecular complexity index is 895. The summed E-state index contributed by atoms with van der Waals surface area (Å²) in [5, 5.41) is 0. The molecule has 0 bridgehead atoms. The predicted octanol–water partition coefficient (Wildman–Crippen LogP) is 4.28. The predicted molar refractivity (Wildman–Crippen MR) is 114 cm³/mol. The van der Waals surface area contributed by atoms with Crippen molar-refractivity contribution in [1.29, 1.82) is 0 Å². The quantitative estimate of drug-likeness (QED) is 0.606. The van der Waals surface area contributed by atoms with Gasteiger partial charge in [0.25, 0.3) is 0 Å². The topological polar surface area (TPSA) is 70.0 Å². The van der Waals surface area contributed by atoms with E-state index in [-0.39, 0.29) is 0 Å². The second kappa shape index (κ2) is 11.4. The summed E-state index contributed by atoms with van der Waals surface area (Å²) >= 11 is 0. The fraction of sp³-hybridized carbons (Fsp3) is 0.304. The molecular weight excluding hydrogens is 364 g/mol. The second-order valence-corrected chi connectivity index (χ2v) is 6.44. The van der Waals surface area contributed by atoms with Crippen LogP contribution in [0, 0.1) is 32.6 Å². The molecule has 1 fully saturated rings. The average molecular weight is 390 g/mol. The highest BCUT2D eigenvalue weighted by molar-refractivity contribution is 5.63. The standard InChI is InChI=1S/C15H17N3O.C6H7NO.C2H2/c1-10-11(2)18-15(19-9-12-5-6-12)14(17-10)13-4-3-7-16-8-13;1-8-6-3-2-4-7-5-6;1-2/h3-4,7-8,12H,5-6,9H2,1-2H3;2-5H,1H3;1-2H. The Kier molecular flexibility index (Phi) is 8.58. The van der Waals surface area contributed by atoms with E-state index in [2.05, 4.69) is 32.8 Å². The molecule has 150 valence electrons. The van der Waals surface area contributed by atoms with Crippen molar-refractivity contribution < 1.29 is 9.47 Å². The van der Waals surface area contributed by atoms with Gasteiger partial charge in [-0.25, -0.2) is 9.97 Å². The molecule has 3 heterocycles. The summed E-state index contributed by atoms with van der Waals surface area (Å²) in [6, 6.07) is 7.57. The van der Waals surface area contributed by atoms with Crippen LogP contribution in [0.1, 0.15) is 24.2 Å². The second-order valence-electron chi connectivity index (χ2n) is 6.44. The first-order valence-corrected chi connectivity index (χ1v) is 9.33. The highest BCUT2D eigenvalue weighted by Crippen LogP contribution is 2.32. The van der Waals surface area contributed by atoms with E-state index in [4.69, 9.17) is 9.47 Å². The van der Waals surface area contributed by atoms with Crippen molar-refractivity contribution in [3.63, 3.8) is 0 Å². The molecule has 29 heavy (non-hydrogen) atoms. The summed E-state index contributed by atoms with van der Waals surface area (Å²) in [5.41, 5.74) is 3.58. The van der Waals surface area contributed by atoms with Gasteiger partial charge in [-0.05, 0) is 56.9 Å². The van der Waals surface area contributed by atoms with E-state index in [1.807, 2.05) is 38.1 Å². The average Bonchev–Trinajstić information content (AvgIpc) is 3.62. The van der Waals surface area contributed by atoms with Crippen LogP contribution >= 0.6 is 0 Å². The van der Waals surface area contributed by atoms with Gasteiger partial charge in [0.05, 0.1) is 31.3 Å². The van der Waals surface area contributed by atoms with E-state index in [1.54, 1.807) is 31.9 Å². The van der Waals surface area contributed by atoms with Crippen molar-refractivity contribution in [2.24, 2.45) is 5.92 Å². The van der Waals surface area contributed by atoms with Gasteiger partial charge >= 0.3 is 0 Å². The van der Waals surface area contributed by atoms with Crippen LogP contribution in [-0.2, 0) is 0 Å². The first-order chi connectivity index (χ1) is 14.2. The molecule has 6 heteroatoms. The number of ether oxygens (including phenoxy) is 2. The van der Waals surface area contributed by atoms with Crippen LogP contribution in [0.2, 0.25) is 0 Å². The fourth-order valence-electron chi connectivity index (χ4n) is 2.32. The molecule has 0 spiro atoms. The lowest BCUT2D eigenvalue weighted by molar-refractivity contribution is 0.288. The van der Waals surface area contributed by atoms with E-state index in [0.717, 1.165) is 35.0 Å². The van der Waals surface area contributed by atoms with E-state index >= 15 is 0 Å². The van der Waals surface area contributed by atoms with Crippen LogP contribution in [0.5, 0.6) is 11.6 Å². The number of terminal acetylenes is 1. The SMILES string of the molecule is C#C.COc1cccnc1.Cc1nc(OCC2CC2)c(-c2cccnc2)nc1C. The van der Waals surface area contributed by atoms with Crippen LogP contribution in [0.3, 0.4) is 0 Å². The Morgan fingerprint density at radius 1 is 0.966 bits per heavy atom. The fourth-order valence-corrected chi connectivity index (χ4v) is 2.32. The number of hydrogen-bond donors (Lipinski definition) is 0. The van der Waals surface area contributed by atoms with Gasteiger partial charge in [-0.2, -0.15) is 0 Å². The molecule has 0 saturated heterocycles. The van der Waals surface area contributed by atoms with Crippen molar-refractivity contribution in [2.75, 3.05) is 13.7 Å². The van der Waals surface area contributed by atoms with E-state index in [0.29, 0.717) is 11.8 Å². The molecule has 1 aliphatic rings. The maximum Gasteiger partial charge on any atom is 0.240 e. The van der Waals surface area contributed by atoms with Crippen molar-refractivity contribution >= 4 is 0 Å². The van der Waals surface area contributed by atoms with Crippen LogP contribution in [0.15, 0.2) is 49.1 Å². The van der Waals surface area contributed by atoms with Crippen molar-refractivity contribution in [2.45, 2.75) is 26.7 Å². The Morgan fingerprint density at radius 3 is 2.14 bits per heavy atom. The zero-order chi connectivity index (χ0) is 21.1. The molecule has 0 amide bonds. The van der Waals surface area contributed by atoms with E-state index < -0.39 is 0 Å². The maximum absolute atomic E-state index is 5.85. The Morgan fingerprint density at radius 2 is 1.62 bits per heavy atom. The third kappa shape index (κ3) is 6.89. The number of aryl methyl sites for hydroxylation is 2. The first-order valence-electron chi connectivity index (χ1n) is 9.33. The summed E-state index contributed by atoms with van der Waals surface area (Å²) in [6.45, 7) is 4.66. The normalized spacial score (nSPS) is 11.9. The number of aromatic nitrogens is 4. The highest BCUT2D eigenvalue weighted by atomic mass is 16.5. The summed E-state index contributed by atoms with van der Waals surface area (Å²) < 4.78 is 10.7. The summed E-state index contributed by atoms with van der Waals surface area (Å²) in [5.74, 6) is 2.13. The third-order valence-corrected chi connectivity index (χ3v) is 4.23. The van der Waals surface area contributed by atoms with E-state index in [1.165, 1.54) is 12.8 Å². The minimum atomic E-state index is 0.628. The molecule has 1 aliphatic carbocycles. The summed E-state index contributed by atoms with van der Waals surface area (Å²) in [7, 11) is 1.62. The number of methoxy groups -OCH3 is 1. The monoisotopic (exact) mass is 390 g/mol. The van der Waals surface area contributed by atoms with Gasteiger partial charge in [0.15, 0.2) is 0 Å². The largest absolute Gasteiger partial charge is 0.495 e. The number of rotatable bonds is 5. The molecule has 0 atom stereocenters. The van der Waals surface area contributed by atoms with Gasteiger partial charge in [0, 0.05) is 24.2 Å². The molecule has 4 rings (SSSR count). The molecule has 0 radical (unpaired) electrons. The molecule has 6 nitrogen and oxygen atoms in total. The molecule has 0 N–H and O–H groups in total. The van der Waals surface area contributed by atoms with Gasteiger partial charge in [-0.1, -0.05) is 0 Å². The lowest BCUT2D eigenvalue weighted by atomic mass is 10.2. The lowest BCUT2D eigenvalue weighted by Gasteiger charge is -2.11. The Hall–Kier alpha value is -3.46. The maximum atomic E-state index is 5.85. The van der Waals surface area contributed by atoms with Gasteiger partial charge in [0.1, 0.15) is 11.4 Å². The highest BCUT2D eigenvalue weighted by Gasteiger charge is 2.23. The van der Waals surface area contributed by atoms with Crippen molar-refractivity contribution in [3.8, 4) is 35.7 Å². The molecule has 0 unspecified atom stereocenters. The minimum Gasteiger partial charge on any atom is -0.495 e. The summed E-state index contributed by atoms with van der Waals surface area (Å²) in [6.07, 6.45) is 17.5. The molecular formula is C23H26N4O2. The smallest absolute Gasteiger partial charge is 0.240 e. The van der Waals surface area contributed by atoms with Gasteiger partial charge < -0.3 is 9.47 Å². The van der Waals surface area contributed by atoms with Gasteiger partial charge in [0.2, 0.25) is 5.88 Å². The zero-order valence-corrected chi connectivity index (χ0v) is 17.1. The van der Waals surface area contributed by atoms with Crippen molar-refractivity contribution in [1.82, 2.24) is 19.9 Å². The molecule has 1 saturated carbocycles. The first kappa shape index (κ1) is 21.8. The Balaban J connectivity index is 0.000000252. The van der Waals surface area contributed by atoms with Gasteiger partial charge in [-0.3, -0.25) is 9.97 Å². The number of hydrogen-bond acceptors (Lipinski definition) is 6. The molecule has 3 aromatic heterocycles. The van der Waals surface area contributed by atoms with E-state index in [9.17, 15) is 0 Å². The Labute approximate surface area is 172 Å². The zero-order valence-electron chi connectivity index (χ0n) is 17.1.